The fourth-order valence-corrected chi connectivity index (χ4v) is 4.24. The van der Waals surface area contributed by atoms with Gasteiger partial charge in [-0.15, -0.1) is 0 Å². The zero-order valence-corrected chi connectivity index (χ0v) is 16.3. The summed E-state index contributed by atoms with van der Waals surface area (Å²) in [7, 11) is 0. The summed E-state index contributed by atoms with van der Waals surface area (Å²) >= 11 is 3.51. The van der Waals surface area contributed by atoms with E-state index in [4.69, 9.17) is 0 Å². The SMILES string of the molecule is C=CNC(=C/C)/C(=C\C)S/C(C)=C1/SC(=C/C)/C(=C\C)NC1=C. The second-order valence-electron chi connectivity index (χ2n) is 4.75. The van der Waals surface area contributed by atoms with Gasteiger partial charge >= 0.3 is 0 Å². The molecule has 0 radical (unpaired) electrons. The summed E-state index contributed by atoms with van der Waals surface area (Å²) in [5, 5.41) is 6.58. The van der Waals surface area contributed by atoms with E-state index >= 15 is 0 Å². The van der Waals surface area contributed by atoms with E-state index in [1.54, 1.807) is 29.7 Å². The van der Waals surface area contributed by atoms with Crippen LogP contribution in [0.2, 0.25) is 0 Å². The predicted molar refractivity (Wildman–Crippen MR) is 109 cm³/mol. The molecular formula is C19H26N2S2. The zero-order valence-electron chi connectivity index (χ0n) is 14.6. The molecular weight excluding hydrogens is 320 g/mol. The third-order valence-electron chi connectivity index (χ3n) is 3.24. The van der Waals surface area contributed by atoms with Crippen LogP contribution in [-0.2, 0) is 0 Å². The minimum absolute atomic E-state index is 0.952. The first-order valence-corrected chi connectivity index (χ1v) is 9.21. The molecule has 2 nitrogen and oxygen atoms in total. The van der Waals surface area contributed by atoms with E-state index in [0.717, 1.165) is 17.1 Å². The van der Waals surface area contributed by atoms with Crippen molar-refractivity contribution in [3.8, 4) is 0 Å². The van der Waals surface area contributed by atoms with Crippen LogP contribution in [0.15, 0.2) is 80.4 Å². The Morgan fingerprint density at radius 3 is 2.35 bits per heavy atom. The van der Waals surface area contributed by atoms with Crippen molar-refractivity contribution >= 4 is 23.5 Å². The minimum Gasteiger partial charge on any atom is -0.362 e. The summed E-state index contributed by atoms with van der Waals surface area (Å²) in [6, 6.07) is 0. The first kappa shape index (κ1) is 19.5. The highest BCUT2D eigenvalue weighted by molar-refractivity contribution is 8.10. The van der Waals surface area contributed by atoms with Gasteiger partial charge in [0.2, 0.25) is 0 Å². The smallest absolute Gasteiger partial charge is 0.0479 e. The molecule has 124 valence electrons. The van der Waals surface area contributed by atoms with Gasteiger partial charge in [0.15, 0.2) is 0 Å². The Kier molecular flexibility index (Phi) is 8.13. The van der Waals surface area contributed by atoms with Gasteiger partial charge in [0.25, 0.3) is 0 Å². The van der Waals surface area contributed by atoms with Crippen LogP contribution in [0.25, 0.3) is 0 Å². The molecule has 1 heterocycles. The van der Waals surface area contributed by atoms with Gasteiger partial charge in [-0.3, -0.25) is 0 Å². The van der Waals surface area contributed by atoms with Crippen LogP contribution in [0.4, 0.5) is 0 Å². The monoisotopic (exact) mass is 346 g/mol. The molecule has 0 spiro atoms. The Morgan fingerprint density at radius 1 is 1.17 bits per heavy atom. The predicted octanol–water partition coefficient (Wildman–Crippen LogP) is 6.15. The van der Waals surface area contributed by atoms with Gasteiger partial charge in [0.1, 0.15) is 0 Å². The van der Waals surface area contributed by atoms with Gasteiger partial charge in [-0.1, -0.05) is 61.0 Å². The van der Waals surface area contributed by atoms with E-state index in [2.05, 4.69) is 61.9 Å². The molecule has 1 rings (SSSR count). The lowest BCUT2D eigenvalue weighted by atomic mass is 10.3. The summed E-state index contributed by atoms with van der Waals surface area (Å²) in [5.41, 5.74) is 3.14. The van der Waals surface area contributed by atoms with Gasteiger partial charge in [0, 0.05) is 36.7 Å². The normalized spacial score (nSPS) is 22.2. The zero-order chi connectivity index (χ0) is 17.4. The number of rotatable bonds is 5. The van der Waals surface area contributed by atoms with E-state index in [1.807, 2.05) is 20.8 Å². The van der Waals surface area contributed by atoms with Gasteiger partial charge in [-0.05, 0) is 40.8 Å². The number of nitrogens with one attached hydrogen (secondary N) is 2. The van der Waals surface area contributed by atoms with Crippen LogP contribution in [0.3, 0.4) is 0 Å². The third kappa shape index (κ3) is 4.98. The summed E-state index contributed by atoms with van der Waals surface area (Å²) in [4.78, 5) is 4.81. The van der Waals surface area contributed by atoms with Crippen molar-refractivity contribution in [2.24, 2.45) is 0 Å². The van der Waals surface area contributed by atoms with Gasteiger partial charge in [-0.25, -0.2) is 0 Å². The van der Waals surface area contributed by atoms with Crippen molar-refractivity contribution in [2.45, 2.75) is 34.6 Å². The minimum atomic E-state index is 0.952. The van der Waals surface area contributed by atoms with E-state index in [0.29, 0.717) is 0 Å². The Morgan fingerprint density at radius 2 is 1.87 bits per heavy atom. The van der Waals surface area contributed by atoms with Gasteiger partial charge in [0.05, 0.1) is 0 Å². The van der Waals surface area contributed by atoms with Crippen LogP contribution in [0, 0.1) is 0 Å². The molecule has 1 aliphatic rings. The van der Waals surface area contributed by atoms with E-state index in [-0.39, 0.29) is 0 Å². The molecule has 1 saturated heterocycles. The topological polar surface area (TPSA) is 24.1 Å². The number of allylic oxidation sites excluding steroid dienone is 5. The Balaban J connectivity index is 3.10. The second kappa shape index (κ2) is 9.58. The van der Waals surface area contributed by atoms with Crippen LogP contribution >= 0.6 is 23.5 Å². The third-order valence-corrected chi connectivity index (χ3v) is 5.99. The second-order valence-corrected chi connectivity index (χ2v) is 7.06. The molecule has 1 fully saturated rings. The average Bonchev–Trinajstić information content (AvgIpc) is 2.57. The maximum atomic E-state index is 4.18. The number of hydrogen-bond acceptors (Lipinski definition) is 4. The van der Waals surface area contributed by atoms with Crippen LogP contribution in [0.1, 0.15) is 34.6 Å². The lowest BCUT2D eigenvalue weighted by Crippen LogP contribution is -2.19. The molecule has 23 heavy (non-hydrogen) atoms. The standard InChI is InChI=1S/C19H26N2S2/c1-8-15(20-12-5)17(10-3)22-14(7)19-13(6)21-16(9-2)18(11-4)23-19/h8-12,20-21H,5-6H2,1-4,7H3/b15-8+,16-9+,17-10+,18-11+,19-14+. The summed E-state index contributed by atoms with van der Waals surface area (Å²) in [5.74, 6) is 0. The molecule has 0 saturated carbocycles. The maximum Gasteiger partial charge on any atom is 0.0479 e. The van der Waals surface area contributed by atoms with Crippen LogP contribution in [0.5, 0.6) is 0 Å². The van der Waals surface area contributed by atoms with Crippen molar-refractivity contribution in [1.29, 1.82) is 0 Å². The lowest BCUT2D eigenvalue weighted by Gasteiger charge is -2.26. The van der Waals surface area contributed by atoms with Crippen LogP contribution < -0.4 is 10.6 Å². The first-order valence-electron chi connectivity index (χ1n) is 7.58. The van der Waals surface area contributed by atoms with Crippen molar-refractivity contribution in [3.05, 3.63) is 80.4 Å². The lowest BCUT2D eigenvalue weighted by molar-refractivity contribution is 1.02. The molecule has 0 unspecified atom stereocenters. The highest BCUT2D eigenvalue weighted by Crippen LogP contribution is 2.44. The fraction of sp³-hybridized carbons (Fsp3) is 0.263. The van der Waals surface area contributed by atoms with Gasteiger partial charge in [-0.2, -0.15) is 0 Å². The molecule has 4 heteroatoms. The highest BCUT2D eigenvalue weighted by Gasteiger charge is 2.21. The average molecular weight is 347 g/mol. The summed E-state index contributed by atoms with van der Waals surface area (Å²) < 4.78 is 0. The van der Waals surface area contributed by atoms with Crippen molar-refractivity contribution in [2.75, 3.05) is 0 Å². The fourth-order valence-electron chi connectivity index (χ4n) is 2.11. The molecule has 0 amide bonds. The van der Waals surface area contributed by atoms with E-state index in [1.165, 1.54) is 19.6 Å². The maximum absolute atomic E-state index is 4.18. The Labute approximate surface area is 149 Å². The first-order chi connectivity index (χ1) is 11.0. The van der Waals surface area contributed by atoms with Crippen LogP contribution in [-0.4, -0.2) is 0 Å². The van der Waals surface area contributed by atoms with Crippen molar-refractivity contribution < 1.29 is 0 Å². The van der Waals surface area contributed by atoms with Crippen molar-refractivity contribution in [1.82, 2.24) is 10.6 Å². The molecule has 0 aromatic rings. The van der Waals surface area contributed by atoms with Gasteiger partial charge < -0.3 is 10.6 Å². The molecule has 2 N–H and O–H groups in total. The molecule has 0 atom stereocenters. The van der Waals surface area contributed by atoms with Crippen molar-refractivity contribution in [3.63, 3.8) is 0 Å². The highest BCUT2D eigenvalue weighted by atomic mass is 32.2. The molecule has 0 aromatic carbocycles. The molecule has 0 bridgehead atoms. The summed E-state index contributed by atoms with van der Waals surface area (Å²) in [6.07, 6.45) is 10.1. The molecule has 1 aliphatic heterocycles. The summed E-state index contributed by atoms with van der Waals surface area (Å²) in [6.45, 7) is 18.2. The number of thioether (sulfide) groups is 2. The Bertz CT molecular complexity index is 632. The molecule has 0 aromatic heterocycles. The number of hydrogen-bond donors (Lipinski definition) is 2. The molecule has 0 aliphatic carbocycles. The Hall–Kier alpha value is -1.52. The largest absolute Gasteiger partial charge is 0.362 e. The van der Waals surface area contributed by atoms with E-state index in [9.17, 15) is 0 Å². The quantitative estimate of drug-likeness (QED) is 0.583. The van der Waals surface area contributed by atoms with E-state index < -0.39 is 0 Å².